The summed E-state index contributed by atoms with van der Waals surface area (Å²) in [4.78, 5) is 12.7. The number of ether oxygens (including phenoxy) is 2. The monoisotopic (exact) mass is 579 g/mol. The summed E-state index contributed by atoms with van der Waals surface area (Å²) in [7, 11) is -0.948. The van der Waals surface area contributed by atoms with Gasteiger partial charge in [0.15, 0.2) is 11.5 Å². The molecule has 1 amide bonds. The summed E-state index contributed by atoms with van der Waals surface area (Å²) < 4.78 is 39.0. The highest BCUT2D eigenvalue weighted by atomic mass is 79.9. The third-order valence-corrected chi connectivity index (χ3v) is 7.44. The van der Waals surface area contributed by atoms with Crippen molar-refractivity contribution in [3.63, 3.8) is 0 Å². The van der Waals surface area contributed by atoms with Gasteiger partial charge in [-0.1, -0.05) is 39.7 Å². The van der Waals surface area contributed by atoms with E-state index in [1.54, 1.807) is 42.5 Å². The Hall–Kier alpha value is -2.92. The van der Waals surface area contributed by atoms with E-state index in [1.807, 2.05) is 0 Å². The molecular formula is C24H23BrClN3O5S. The van der Waals surface area contributed by atoms with Gasteiger partial charge in [0.05, 0.1) is 31.9 Å². The second kappa shape index (κ2) is 12.2. The predicted molar refractivity (Wildman–Crippen MR) is 138 cm³/mol. The number of benzene rings is 3. The summed E-state index contributed by atoms with van der Waals surface area (Å²) in [5.74, 6) is 0.471. The molecule has 184 valence electrons. The largest absolute Gasteiger partial charge is 0.493 e. The maximum absolute atomic E-state index is 13.3. The third-order valence-electron chi connectivity index (χ3n) is 4.85. The van der Waals surface area contributed by atoms with Gasteiger partial charge in [-0.25, -0.2) is 13.8 Å². The molecule has 0 saturated carbocycles. The molecule has 0 aromatic heterocycles. The molecule has 11 heteroatoms. The molecular weight excluding hydrogens is 558 g/mol. The van der Waals surface area contributed by atoms with Gasteiger partial charge >= 0.3 is 0 Å². The second-order valence-corrected chi connectivity index (χ2v) is 10.6. The molecule has 0 heterocycles. The lowest BCUT2D eigenvalue weighted by Crippen LogP contribution is -2.39. The first kappa shape index (κ1) is 26.7. The Morgan fingerprint density at radius 1 is 1.03 bits per heavy atom. The van der Waals surface area contributed by atoms with Gasteiger partial charge in [0.1, 0.15) is 0 Å². The number of nitrogens with zero attached hydrogens (tertiary/aromatic N) is 2. The number of methoxy groups -OCH3 is 2. The summed E-state index contributed by atoms with van der Waals surface area (Å²) in [5, 5.41) is 4.35. The lowest BCUT2D eigenvalue weighted by Gasteiger charge is -2.21. The minimum absolute atomic E-state index is 0.00888. The molecule has 0 radical (unpaired) electrons. The van der Waals surface area contributed by atoms with Crippen molar-refractivity contribution in [2.75, 3.05) is 20.8 Å². The van der Waals surface area contributed by atoms with Crippen LogP contribution in [0.5, 0.6) is 11.5 Å². The van der Waals surface area contributed by atoms with Crippen molar-refractivity contribution in [1.29, 1.82) is 0 Å². The molecule has 3 aromatic carbocycles. The van der Waals surface area contributed by atoms with Crippen molar-refractivity contribution in [2.45, 2.75) is 11.4 Å². The Balaban J connectivity index is 1.77. The van der Waals surface area contributed by atoms with Crippen LogP contribution in [0.1, 0.15) is 11.1 Å². The number of carbonyl (C=O) groups excluding carboxylic acids is 1. The average Bonchev–Trinajstić information content (AvgIpc) is 2.85. The van der Waals surface area contributed by atoms with E-state index in [2.05, 4.69) is 26.5 Å². The number of nitrogens with one attached hydrogen (secondary N) is 1. The van der Waals surface area contributed by atoms with E-state index < -0.39 is 22.5 Å². The third kappa shape index (κ3) is 7.28. The first-order chi connectivity index (χ1) is 16.7. The van der Waals surface area contributed by atoms with E-state index in [0.717, 1.165) is 8.78 Å². The number of halogens is 2. The van der Waals surface area contributed by atoms with Gasteiger partial charge in [-0.3, -0.25) is 4.79 Å². The lowest BCUT2D eigenvalue weighted by molar-refractivity contribution is -0.121. The topological polar surface area (TPSA) is 97.3 Å². The van der Waals surface area contributed by atoms with Gasteiger partial charge in [-0.05, 0) is 65.7 Å². The number of carbonyl (C=O) groups is 1. The van der Waals surface area contributed by atoms with E-state index in [-0.39, 0.29) is 11.4 Å². The van der Waals surface area contributed by atoms with Crippen LogP contribution in [0.3, 0.4) is 0 Å². The van der Waals surface area contributed by atoms with E-state index in [9.17, 15) is 13.2 Å². The molecule has 8 nitrogen and oxygen atoms in total. The predicted octanol–water partition coefficient (Wildman–Crippen LogP) is 4.46. The van der Waals surface area contributed by atoms with Gasteiger partial charge in [-0.15, -0.1) is 0 Å². The molecule has 0 aliphatic heterocycles. The molecule has 0 aliphatic rings. The molecule has 0 spiro atoms. The molecule has 1 N–H and O–H groups in total. The summed E-state index contributed by atoms with van der Waals surface area (Å²) >= 11 is 9.27. The maximum Gasteiger partial charge on any atom is 0.255 e. The molecule has 3 aromatic rings. The van der Waals surface area contributed by atoms with Crippen LogP contribution in [0.25, 0.3) is 0 Å². The van der Waals surface area contributed by atoms with Crippen LogP contribution >= 0.6 is 27.5 Å². The zero-order valence-electron chi connectivity index (χ0n) is 18.9. The van der Waals surface area contributed by atoms with Crippen molar-refractivity contribution in [1.82, 2.24) is 9.73 Å². The van der Waals surface area contributed by atoms with E-state index in [0.29, 0.717) is 27.6 Å². The van der Waals surface area contributed by atoms with Crippen LogP contribution in [0.4, 0.5) is 0 Å². The van der Waals surface area contributed by atoms with E-state index in [4.69, 9.17) is 21.1 Å². The first-order valence-corrected chi connectivity index (χ1v) is 12.9. The number of sulfonamides is 1. The summed E-state index contributed by atoms with van der Waals surface area (Å²) in [6.07, 6.45) is 1.42. The zero-order valence-corrected chi connectivity index (χ0v) is 22.1. The fourth-order valence-electron chi connectivity index (χ4n) is 3.08. The van der Waals surface area contributed by atoms with Crippen molar-refractivity contribution in [3.8, 4) is 11.5 Å². The maximum atomic E-state index is 13.3. The number of rotatable bonds is 10. The van der Waals surface area contributed by atoms with E-state index >= 15 is 0 Å². The van der Waals surface area contributed by atoms with Crippen molar-refractivity contribution >= 4 is 49.7 Å². The minimum atomic E-state index is -4.00. The van der Waals surface area contributed by atoms with Crippen molar-refractivity contribution in [2.24, 2.45) is 5.10 Å². The van der Waals surface area contributed by atoms with Crippen LogP contribution in [-0.4, -0.2) is 45.6 Å². The summed E-state index contributed by atoms with van der Waals surface area (Å²) in [6, 6.07) is 18.1. The number of amides is 1. The van der Waals surface area contributed by atoms with Crippen molar-refractivity contribution in [3.05, 3.63) is 87.4 Å². The Kier molecular flexibility index (Phi) is 9.27. The number of hydrazone groups is 1. The quantitative estimate of drug-likeness (QED) is 0.282. The van der Waals surface area contributed by atoms with Gasteiger partial charge in [0, 0.05) is 16.0 Å². The van der Waals surface area contributed by atoms with Crippen LogP contribution in [0.2, 0.25) is 5.02 Å². The SMILES string of the molecule is COc1ccc(/C=N\NC(=O)CN(Cc2ccc(Br)cc2)S(=O)(=O)c2ccc(Cl)cc2)cc1OC. The average molecular weight is 581 g/mol. The molecule has 0 aliphatic carbocycles. The number of hydrogen-bond donors (Lipinski definition) is 1. The normalized spacial score (nSPS) is 11.6. The highest BCUT2D eigenvalue weighted by molar-refractivity contribution is 9.10. The fourth-order valence-corrected chi connectivity index (χ4v) is 4.86. The zero-order chi connectivity index (χ0) is 25.4. The molecule has 0 saturated heterocycles. The van der Waals surface area contributed by atoms with E-state index in [1.165, 1.54) is 44.7 Å². The molecule has 0 unspecified atom stereocenters. The highest BCUT2D eigenvalue weighted by Gasteiger charge is 2.27. The van der Waals surface area contributed by atoms with Crippen LogP contribution in [0.15, 0.2) is 81.2 Å². The van der Waals surface area contributed by atoms with Gasteiger partial charge < -0.3 is 9.47 Å². The summed E-state index contributed by atoms with van der Waals surface area (Å²) in [5.41, 5.74) is 3.75. The Morgan fingerprint density at radius 2 is 1.69 bits per heavy atom. The van der Waals surface area contributed by atoms with Gasteiger partial charge in [0.25, 0.3) is 5.91 Å². The van der Waals surface area contributed by atoms with Crippen molar-refractivity contribution < 1.29 is 22.7 Å². The highest BCUT2D eigenvalue weighted by Crippen LogP contribution is 2.27. The molecule has 35 heavy (non-hydrogen) atoms. The molecule has 0 atom stereocenters. The molecule has 0 fully saturated rings. The first-order valence-electron chi connectivity index (χ1n) is 10.3. The Bertz CT molecular complexity index is 1300. The van der Waals surface area contributed by atoms with Crippen LogP contribution < -0.4 is 14.9 Å². The number of hydrogen-bond acceptors (Lipinski definition) is 6. The van der Waals surface area contributed by atoms with Crippen LogP contribution in [-0.2, 0) is 21.4 Å². The Labute approximate surface area is 217 Å². The Morgan fingerprint density at radius 3 is 2.31 bits per heavy atom. The van der Waals surface area contributed by atoms with Gasteiger partial charge in [0.2, 0.25) is 10.0 Å². The summed E-state index contributed by atoms with van der Waals surface area (Å²) in [6.45, 7) is -0.449. The lowest BCUT2D eigenvalue weighted by atomic mass is 10.2. The van der Waals surface area contributed by atoms with Gasteiger partial charge in [-0.2, -0.15) is 9.41 Å². The standard InChI is InChI=1S/C24H23BrClN3O5S/c1-33-22-12-5-18(13-23(22)34-2)14-27-28-24(30)16-29(15-17-3-6-19(25)7-4-17)35(31,32)21-10-8-20(26)9-11-21/h3-14H,15-16H2,1-2H3,(H,28,30)/b27-14-. The fraction of sp³-hybridized carbons (Fsp3) is 0.167. The minimum Gasteiger partial charge on any atom is -0.493 e. The van der Waals surface area contributed by atoms with Crippen LogP contribution in [0, 0.1) is 0 Å². The molecule has 0 bridgehead atoms. The molecule has 3 rings (SSSR count). The second-order valence-electron chi connectivity index (χ2n) is 7.26. The smallest absolute Gasteiger partial charge is 0.255 e.